The third-order valence-electron chi connectivity index (χ3n) is 6.06. The largest absolute Gasteiger partial charge is 0.492 e. The predicted molar refractivity (Wildman–Crippen MR) is 136 cm³/mol. The number of ether oxygens (including phenoxy) is 1. The first-order chi connectivity index (χ1) is 16.3. The molecule has 3 aromatic heterocycles. The number of amides is 1. The third-order valence-corrected chi connectivity index (χ3v) is 6.56. The zero-order valence-corrected chi connectivity index (χ0v) is 21.0. The molecule has 1 N–H and O–H groups in total. The monoisotopic (exact) mass is 519 g/mol. The molecular weight excluding hydrogens is 494 g/mol. The Hall–Kier alpha value is -3.26. The van der Waals surface area contributed by atoms with Crippen LogP contribution in [0.1, 0.15) is 42.7 Å². The number of carbonyl (C=O) groups excluding carboxylic acids is 1. The Bertz CT molecular complexity index is 1400. The maximum absolute atomic E-state index is 13.3. The van der Waals surface area contributed by atoms with Gasteiger partial charge in [0, 0.05) is 34.7 Å². The molecule has 1 aliphatic rings. The quantitative estimate of drug-likeness (QED) is 0.307. The van der Waals surface area contributed by atoms with E-state index in [0.717, 1.165) is 46.1 Å². The topological polar surface area (TPSA) is 81.9 Å². The molecule has 5 rings (SSSR count). The number of anilines is 1. The lowest BCUT2D eigenvalue weighted by atomic mass is 9.89. The van der Waals surface area contributed by atoms with Crippen molar-refractivity contribution in [2.24, 2.45) is 5.41 Å². The second-order valence-electron chi connectivity index (χ2n) is 9.48. The van der Waals surface area contributed by atoms with Crippen LogP contribution in [0.4, 0.5) is 5.95 Å². The molecule has 8 heteroatoms. The van der Waals surface area contributed by atoms with Gasteiger partial charge in [-0.1, -0.05) is 29.8 Å². The van der Waals surface area contributed by atoms with Crippen molar-refractivity contribution < 1.29 is 9.53 Å². The molecule has 0 radical (unpaired) electrons. The smallest absolute Gasteiger partial charge is 0.258 e. The third kappa shape index (κ3) is 4.55. The first kappa shape index (κ1) is 22.5. The molecule has 1 aromatic carbocycles. The summed E-state index contributed by atoms with van der Waals surface area (Å²) >= 11 is 3.56. The summed E-state index contributed by atoms with van der Waals surface area (Å²) in [4.78, 5) is 27.0. The maximum Gasteiger partial charge on any atom is 0.258 e. The molecule has 2 bridgehead atoms. The fourth-order valence-corrected chi connectivity index (χ4v) is 4.64. The summed E-state index contributed by atoms with van der Waals surface area (Å²) < 4.78 is 9.33. The minimum Gasteiger partial charge on any atom is -0.492 e. The van der Waals surface area contributed by atoms with Crippen LogP contribution in [0.15, 0.2) is 53.3 Å². The minimum atomic E-state index is -0.232. The zero-order chi connectivity index (χ0) is 23.9. The van der Waals surface area contributed by atoms with Gasteiger partial charge in [-0.2, -0.15) is 0 Å². The second-order valence-corrected chi connectivity index (χ2v) is 10.4. The zero-order valence-electron chi connectivity index (χ0n) is 19.4. The molecule has 7 nitrogen and oxygen atoms in total. The normalized spacial score (nSPS) is 15.9. The summed E-state index contributed by atoms with van der Waals surface area (Å²) in [7, 11) is 0. The Kier molecular flexibility index (Phi) is 5.85. The van der Waals surface area contributed by atoms with Crippen LogP contribution in [0.2, 0.25) is 0 Å². The highest BCUT2D eigenvalue weighted by Gasteiger charge is 2.23. The minimum absolute atomic E-state index is 0.0493. The number of aryl methyl sites for hydroxylation is 2. The van der Waals surface area contributed by atoms with Gasteiger partial charge in [0.05, 0.1) is 28.9 Å². The van der Waals surface area contributed by atoms with Crippen molar-refractivity contribution in [1.82, 2.24) is 19.5 Å². The summed E-state index contributed by atoms with van der Waals surface area (Å²) in [6.07, 6.45) is 5.31. The fourth-order valence-electron chi connectivity index (χ4n) is 4.29. The van der Waals surface area contributed by atoms with Crippen molar-refractivity contribution >= 4 is 38.8 Å². The summed E-state index contributed by atoms with van der Waals surface area (Å²) in [5.41, 5.74) is 4.43. The van der Waals surface area contributed by atoms with E-state index in [1.807, 2.05) is 31.2 Å². The Labute approximate surface area is 206 Å². The van der Waals surface area contributed by atoms with Crippen LogP contribution in [0.25, 0.3) is 22.3 Å². The molecule has 0 saturated carbocycles. The van der Waals surface area contributed by atoms with E-state index in [0.29, 0.717) is 29.6 Å². The number of hydrogen-bond acceptors (Lipinski definition) is 5. The number of aromatic nitrogens is 4. The van der Waals surface area contributed by atoms with Gasteiger partial charge in [0.2, 0.25) is 5.95 Å². The number of hydrogen-bond donors (Lipinski definition) is 1. The summed E-state index contributed by atoms with van der Waals surface area (Å²) in [5.74, 6) is 1.02. The van der Waals surface area contributed by atoms with Crippen LogP contribution < -0.4 is 10.1 Å². The second kappa shape index (κ2) is 8.83. The Morgan fingerprint density at radius 3 is 2.85 bits per heavy atom. The molecule has 174 valence electrons. The molecule has 4 heterocycles. The molecular formula is C26H26BrN5O2. The molecule has 0 atom stereocenters. The molecule has 4 aromatic rings. The van der Waals surface area contributed by atoms with Crippen LogP contribution in [0, 0.1) is 12.3 Å². The molecule has 0 unspecified atom stereocenters. The van der Waals surface area contributed by atoms with Gasteiger partial charge in [0.15, 0.2) is 0 Å². The van der Waals surface area contributed by atoms with Crippen LogP contribution >= 0.6 is 15.9 Å². The molecule has 0 fully saturated rings. The molecule has 34 heavy (non-hydrogen) atoms. The van der Waals surface area contributed by atoms with E-state index in [1.165, 1.54) is 0 Å². The van der Waals surface area contributed by atoms with Gasteiger partial charge in [0.1, 0.15) is 5.75 Å². The van der Waals surface area contributed by atoms with E-state index < -0.39 is 0 Å². The van der Waals surface area contributed by atoms with Crippen LogP contribution in [-0.2, 0) is 6.54 Å². The Balaban J connectivity index is 1.64. The number of carbonyl (C=O) groups is 1. The maximum atomic E-state index is 13.3. The van der Waals surface area contributed by atoms with Crippen molar-refractivity contribution in [3.63, 3.8) is 0 Å². The van der Waals surface area contributed by atoms with Crippen molar-refractivity contribution in [3.8, 4) is 17.0 Å². The van der Waals surface area contributed by atoms with Gasteiger partial charge < -0.3 is 9.30 Å². The summed E-state index contributed by atoms with van der Waals surface area (Å²) in [6.45, 7) is 7.58. The number of fused-ring (bicyclic) bond motifs is 7. The Morgan fingerprint density at radius 2 is 2.00 bits per heavy atom. The highest BCUT2D eigenvalue weighted by atomic mass is 79.9. The van der Waals surface area contributed by atoms with Gasteiger partial charge in [-0.05, 0) is 61.6 Å². The van der Waals surface area contributed by atoms with E-state index in [1.54, 1.807) is 24.5 Å². The van der Waals surface area contributed by atoms with Gasteiger partial charge in [-0.25, -0.2) is 4.98 Å². The van der Waals surface area contributed by atoms with Crippen molar-refractivity contribution in [2.45, 2.75) is 40.2 Å². The van der Waals surface area contributed by atoms with E-state index in [4.69, 9.17) is 9.72 Å². The predicted octanol–water partition coefficient (Wildman–Crippen LogP) is 6.02. The SMILES string of the molecule is Cc1cc2cc(n1)-c1cnccc1OCC(C)(C)CCCn1c(nc3ccc(Br)cc31)NC2=O. The Morgan fingerprint density at radius 1 is 1.15 bits per heavy atom. The van der Waals surface area contributed by atoms with E-state index >= 15 is 0 Å². The number of benzene rings is 1. The fraction of sp³-hybridized carbons (Fsp3) is 0.308. The van der Waals surface area contributed by atoms with E-state index in [9.17, 15) is 4.79 Å². The lowest BCUT2D eigenvalue weighted by Crippen LogP contribution is -2.22. The number of imidazole rings is 1. The summed E-state index contributed by atoms with van der Waals surface area (Å²) in [5, 5.41) is 3.04. The average Bonchev–Trinajstić information content (AvgIpc) is 3.13. The standard InChI is InChI=1S/C26H26BrN5O2/c1-16-11-17-12-21(29-16)19-14-28-9-7-23(19)34-15-26(2,3)8-4-10-32-22-13-18(27)5-6-20(22)30-25(32)31-24(17)33/h5-7,9,11-14H,4,8,10,15H2,1-3H3,(H,30,31,33). The van der Waals surface area contributed by atoms with Gasteiger partial charge in [-0.3, -0.25) is 20.1 Å². The molecule has 1 aliphatic heterocycles. The average molecular weight is 520 g/mol. The van der Waals surface area contributed by atoms with Crippen LogP contribution in [-0.4, -0.2) is 32.0 Å². The first-order valence-corrected chi connectivity index (χ1v) is 12.1. The van der Waals surface area contributed by atoms with Crippen LogP contribution in [0.3, 0.4) is 0 Å². The van der Waals surface area contributed by atoms with Gasteiger partial charge in [0.25, 0.3) is 5.91 Å². The lowest BCUT2D eigenvalue weighted by molar-refractivity contribution is 0.102. The lowest BCUT2D eigenvalue weighted by Gasteiger charge is -2.25. The molecule has 1 amide bonds. The molecule has 0 spiro atoms. The highest BCUT2D eigenvalue weighted by molar-refractivity contribution is 9.10. The number of pyridine rings is 2. The number of nitrogens with zero attached hydrogens (tertiary/aromatic N) is 4. The highest BCUT2D eigenvalue weighted by Crippen LogP contribution is 2.33. The van der Waals surface area contributed by atoms with Gasteiger partial charge >= 0.3 is 0 Å². The summed E-state index contributed by atoms with van der Waals surface area (Å²) in [6, 6.07) is 11.4. The van der Waals surface area contributed by atoms with Crippen molar-refractivity contribution in [3.05, 3.63) is 64.5 Å². The molecule has 0 aliphatic carbocycles. The van der Waals surface area contributed by atoms with Crippen molar-refractivity contribution in [2.75, 3.05) is 11.9 Å². The van der Waals surface area contributed by atoms with Crippen molar-refractivity contribution in [1.29, 1.82) is 0 Å². The van der Waals surface area contributed by atoms with E-state index in [-0.39, 0.29) is 11.3 Å². The van der Waals surface area contributed by atoms with E-state index in [2.05, 4.69) is 49.6 Å². The number of rotatable bonds is 0. The molecule has 0 saturated heterocycles. The first-order valence-electron chi connectivity index (χ1n) is 11.3. The van der Waals surface area contributed by atoms with Crippen LogP contribution in [0.5, 0.6) is 5.75 Å². The van der Waals surface area contributed by atoms with Gasteiger partial charge in [-0.15, -0.1) is 0 Å². The number of halogens is 1. The number of nitrogens with one attached hydrogen (secondary N) is 1.